The molecule has 2 aromatic rings. The van der Waals surface area contributed by atoms with Gasteiger partial charge in [0.05, 0.1) is 16.6 Å². The van der Waals surface area contributed by atoms with E-state index in [0.717, 1.165) is 20.5 Å². The van der Waals surface area contributed by atoms with Gasteiger partial charge in [-0.1, -0.05) is 39.7 Å². The maximum absolute atomic E-state index is 12.4. The van der Waals surface area contributed by atoms with Crippen LogP contribution in [0.3, 0.4) is 0 Å². The van der Waals surface area contributed by atoms with Gasteiger partial charge in [0.25, 0.3) is 0 Å². The monoisotopic (exact) mass is 337 g/mol. The average molecular weight is 338 g/mol. The van der Waals surface area contributed by atoms with Crippen LogP contribution in [0.1, 0.15) is 16.7 Å². The van der Waals surface area contributed by atoms with Gasteiger partial charge in [-0.25, -0.2) is 0 Å². The Labute approximate surface area is 124 Å². The zero-order chi connectivity index (χ0) is 14.0. The van der Waals surface area contributed by atoms with E-state index in [1.165, 1.54) is 5.56 Å². The van der Waals surface area contributed by atoms with Crippen molar-refractivity contribution in [1.29, 1.82) is 0 Å². The first kappa shape index (κ1) is 14.3. The lowest BCUT2D eigenvalue weighted by Gasteiger charge is -2.09. The summed E-state index contributed by atoms with van der Waals surface area (Å²) in [6, 6.07) is 11.7. The van der Waals surface area contributed by atoms with Crippen molar-refractivity contribution in [3.63, 3.8) is 0 Å². The van der Waals surface area contributed by atoms with Crippen molar-refractivity contribution in [3.05, 3.63) is 57.6 Å². The zero-order valence-electron chi connectivity index (χ0n) is 10.9. The van der Waals surface area contributed by atoms with Gasteiger partial charge in [0.15, 0.2) is 0 Å². The molecule has 0 radical (unpaired) electrons. The standard InChI is InChI=1S/C15H16BrNOS/c1-10-3-6-15(11(2)7-10)19(18)9-12-4-5-13(16)8-14(12)17/h3-8H,9,17H2,1-2H3. The van der Waals surface area contributed by atoms with Crippen molar-refractivity contribution < 1.29 is 4.21 Å². The fourth-order valence-electron chi connectivity index (χ4n) is 1.97. The Hall–Kier alpha value is -1.13. The van der Waals surface area contributed by atoms with E-state index in [9.17, 15) is 4.21 Å². The van der Waals surface area contributed by atoms with Gasteiger partial charge >= 0.3 is 0 Å². The molecule has 0 aromatic heterocycles. The Morgan fingerprint density at radius 3 is 2.53 bits per heavy atom. The number of hydrogen-bond acceptors (Lipinski definition) is 2. The van der Waals surface area contributed by atoms with Crippen LogP contribution in [0, 0.1) is 13.8 Å². The lowest BCUT2D eigenvalue weighted by atomic mass is 10.2. The Bertz CT molecular complexity index is 640. The van der Waals surface area contributed by atoms with E-state index in [1.807, 2.05) is 44.2 Å². The summed E-state index contributed by atoms with van der Waals surface area (Å²) >= 11 is 3.37. The Morgan fingerprint density at radius 1 is 1.16 bits per heavy atom. The molecule has 4 heteroatoms. The van der Waals surface area contributed by atoms with Crippen molar-refractivity contribution in [3.8, 4) is 0 Å². The molecule has 0 aliphatic carbocycles. The number of benzene rings is 2. The molecule has 1 atom stereocenters. The van der Waals surface area contributed by atoms with Gasteiger partial charge in [-0.3, -0.25) is 4.21 Å². The number of rotatable bonds is 3. The van der Waals surface area contributed by atoms with Gasteiger partial charge in [-0.15, -0.1) is 0 Å². The minimum Gasteiger partial charge on any atom is -0.398 e. The molecule has 2 rings (SSSR count). The number of aryl methyl sites for hydroxylation is 2. The molecule has 100 valence electrons. The summed E-state index contributed by atoms with van der Waals surface area (Å²) in [4.78, 5) is 0.882. The summed E-state index contributed by atoms with van der Waals surface area (Å²) in [7, 11) is -1.07. The van der Waals surface area contributed by atoms with Crippen LogP contribution >= 0.6 is 15.9 Å². The fourth-order valence-corrected chi connectivity index (χ4v) is 3.69. The van der Waals surface area contributed by atoms with E-state index >= 15 is 0 Å². The van der Waals surface area contributed by atoms with Crippen molar-refractivity contribution in [1.82, 2.24) is 0 Å². The van der Waals surface area contributed by atoms with Crippen LogP contribution in [0.15, 0.2) is 45.8 Å². The minimum atomic E-state index is -1.07. The van der Waals surface area contributed by atoms with Gasteiger partial charge in [-0.2, -0.15) is 0 Å². The first-order chi connectivity index (χ1) is 8.97. The minimum absolute atomic E-state index is 0.447. The van der Waals surface area contributed by atoms with Crippen LogP contribution in [-0.4, -0.2) is 4.21 Å². The maximum atomic E-state index is 12.4. The molecule has 0 spiro atoms. The zero-order valence-corrected chi connectivity index (χ0v) is 13.3. The average Bonchev–Trinajstić information content (AvgIpc) is 2.32. The molecule has 0 aliphatic heterocycles. The van der Waals surface area contributed by atoms with Crippen molar-refractivity contribution in [2.45, 2.75) is 24.5 Å². The van der Waals surface area contributed by atoms with Crippen LogP contribution < -0.4 is 5.73 Å². The van der Waals surface area contributed by atoms with Gasteiger partial charge in [0.1, 0.15) is 0 Å². The lowest BCUT2D eigenvalue weighted by molar-refractivity contribution is 0.682. The van der Waals surface area contributed by atoms with E-state index in [1.54, 1.807) is 0 Å². The lowest BCUT2D eigenvalue weighted by Crippen LogP contribution is -2.02. The van der Waals surface area contributed by atoms with E-state index in [4.69, 9.17) is 5.73 Å². The molecule has 0 aliphatic rings. The third-order valence-electron chi connectivity index (χ3n) is 2.97. The van der Waals surface area contributed by atoms with Gasteiger partial charge in [0, 0.05) is 15.1 Å². The summed E-state index contributed by atoms with van der Waals surface area (Å²) in [5.74, 6) is 0.447. The second kappa shape index (κ2) is 5.88. The van der Waals surface area contributed by atoms with E-state index in [2.05, 4.69) is 22.0 Å². The van der Waals surface area contributed by atoms with Crippen molar-refractivity contribution >= 4 is 32.4 Å². The molecule has 0 bridgehead atoms. The third-order valence-corrected chi connectivity index (χ3v) is 4.99. The van der Waals surface area contributed by atoms with E-state index < -0.39 is 10.8 Å². The van der Waals surface area contributed by atoms with Crippen LogP contribution in [0.4, 0.5) is 5.69 Å². The Kier molecular flexibility index (Phi) is 4.42. The highest BCUT2D eigenvalue weighted by molar-refractivity contribution is 9.10. The smallest absolute Gasteiger partial charge is 0.0577 e. The molecule has 0 heterocycles. The third kappa shape index (κ3) is 3.45. The largest absolute Gasteiger partial charge is 0.398 e. The number of anilines is 1. The molecular weight excluding hydrogens is 322 g/mol. The number of nitrogens with two attached hydrogens (primary N) is 1. The predicted molar refractivity (Wildman–Crippen MR) is 84.6 cm³/mol. The van der Waals surface area contributed by atoms with E-state index in [-0.39, 0.29) is 0 Å². The molecule has 0 amide bonds. The van der Waals surface area contributed by atoms with Gasteiger partial charge in [-0.05, 0) is 43.2 Å². The molecular formula is C15H16BrNOS. The summed E-state index contributed by atoms with van der Waals surface area (Å²) in [5.41, 5.74) is 9.78. The van der Waals surface area contributed by atoms with Crippen molar-refractivity contribution in [2.75, 3.05) is 5.73 Å². The normalized spacial score (nSPS) is 12.4. The predicted octanol–water partition coefficient (Wildman–Crippen LogP) is 3.96. The highest BCUT2D eigenvalue weighted by Gasteiger charge is 2.10. The number of halogens is 1. The number of hydrogen-bond donors (Lipinski definition) is 1. The summed E-state index contributed by atoms with van der Waals surface area (Å²) < 4.78 is 13.4. The second-order valence-electron chi connectivity index (χ2n) is 4.60. The second-order valence-corrected chi connectivity index (χ2v) is 6.94. The molecule has 2 nitrogen and oxygen atoms in total. The Balaban J connectivity index is 2.25. The fraction of sp³-hybridized carbons (Fsp3) is 0.200. The van der Waals surface area contributed by atoms with Crippen LogP contribution in [0.2, 0.25) is 0 Å². The first-order valence-electron chi connectivity index (χ1n) is 5.97. The highest BCUT2D eigenvalue weighted by Crippen LogP contribution is 2.23. The SMILES string of the molecule is Cc1ccc(S(=O)Cc2ccc(Br)cc2N)c(C)c1. The molecule has 19 heavy (non-hydrogen) atoms. The summed E-state index contributed by atoms with van der Waals surface area (Å²) in [5, 5.41) is 0. The summed E-state index contributed by atoms with van der Waals surface area (Å²) in [6.07, 6.45) is 0. The first-order valence-corrected chi connectivity index (χ1v) is 8.08. The Morgan fingerprint density at radius 2 is 1.89 bits per heavy atom. The molecule has 2 N–H and O–H groups in total. The topological polar surface area (TPSA) is 43.1 Å². The van der Waals surface area contributed by atoms with E-state index in [0.29, 0.717) is 11.4 Å². The van der Waals surface area contributed by atoms with Crippen molar-refractivity contribution in [2.24, 2.45) is 0 Å². The van der Waals surface area contributed by atoms with Crippen LogP contribution in [0.5, 0.6) is 0 Å². The van der Waals surface area contributed by atoms with Gasteiger partial charge < -0.3 is 5.73 Å². The molecule has 0 saturated carbocycles. The molecule has 1 unspecified atom stereocenters. The molecule has 0 saturated heterocycles. The van der Waals surface area contributed by atoms with Crippen LogP contribution in [-0.2, 0) is 16.6 Å². The summed E-state index contributed by atoms with van der Waals surface area (Å²) in [6.45, 7) is 4.03. The quantitative estimate of drug-likeness (QED) is 0.861. The number of nitrogen functional groups attached to an aromatic ring is 1. The maximum Gasteiger partial charge on any atom is 0.0577 e. The molecule has 0 fully saturated rings. The molecule has 2 aromatic carbocycles. The van der Waals surface area contributed by atoms with Crippen LogP contribution in [0.25, 0.3) is 0 Å². The highest BCUT2D eigenvalue weighted by atomic mass is 79.9. The van der Waals surface area contributed by atoms with Gasteiger partial charge in [0.2, 0.25) is 0 Å².